The molecule has 0 rings (SSSR count). The van der Waals surface area contributed by atoms with E-state index < -0.39 is 14.6 Å². The summed E-state index contributed by atoms with van der Waals surface area (Å²) < 4.78 is 21.4. The molecule has 0 spiro atoms. The standard InChI is InChI=1S/C8H17O2S/c1-5-6-7-8(2,3)11(4,9)10/h4-7H2,1-3H3. The average Bonchev–Trinajstić information content (AvgIpc) is 1.81. The molecule has 0 aromatic carbocycles. The quantitative estimate of drug-likeness (QED) is 0.659. The first-order chi connectivity index (χ1) is 4.81. The zero-order chi connectivity index (χ0) is 9.12. The Bertz CT molecular complexity index is 202. The molecule has 0 saturated heterocycles. The molecular formula is C8H17O2S. The maximum atomic E-state index is 11.0. The van der Waals surface area contributed by atoms with E-state index in [1.165, 1.54) is 0 Å². The van der Waals surface area contributed by atoms with Crippen molar-refractivity contribution in [1.82, 2.24) is 0 Å². The molecule has 0 aliphatic rings. The molecule has 0 aliphatic carbocycles. The largest absolute Gasteiger partial charge is 0.228 e. The molecule has 0 atom stereocenters. The van der Waals surface area contributed by atoms with Gasteiger partial charge in [-0.05, 0) is 20.3 Å². The van der Waals surface area contributed by atoms with Crippen LogP contribution in [0, 0.1) is 6.26 Å². The lowest BCUT2D eigenvalue weighted by molar-refractivity contribution is 0.520. The molecule has 0 saturated carbocycles. The Labute approximate surface area is 69.9 Å². The van der Waals surface area contributed by atoms with Crippen LogP contribution in [0.3, 0.4) is 0 Å². The molecule has 1 radical (unpaired) electrons. The van der Waals surface area contributed by atoms with Crippen molar-refractivity contribution in [3.05, 3.63) is 6.26 Å². The van der Waals surface area contributed by atoms with E-state index in [9.17, 15) is 8.42 Å². The Morgan fingerprint density at radius 1 is 1.36 bits per heavy atom. The van der Waals surface area contributed by atoms with Crippen LogP contribution in [0.25, 0.3) is 0 Å². The summed E-state index contributed by atoms with van der Waals surface area (Å²) in [4.78, 5) is 0. The summed E-state index contributed by atoms with van der Waals surface area (Å²) in [5.74, 6) is 0. The van der Waals surface area contributed by atoms with Crippen LogP contribution in [0.5, 0.6) is 0 Å². The summed E-state index contributed by atoms with van der Waals surface area (Å²) in [5.41, 5.74) is 0. The Kier molecular flexibility index (Phi) is 3.55. The van der Waals surface area contributed by atoms with Crippen molar-refractivity contribution in [2.75, 3.05) is 0 Å². The monoisotopic (exact) mass is 177 g/mol. The van der Waals surface area contributed by atoms with Crippen molar-refractivity contribution >= 4 is 9.84 Å². The summed E-state index contributed by atoms with van der Waals surface area (Å²) in [6.45, 7) is 5.50. The van der Waals surface area contributed by atoms with Crippen LogP contribution in [0.2, 0.25) is 0 Å². The first kappa shape index (κ1) is 11.0. The van der Waals surface area contributed by atoms with E-state index in [1.807, 2.05) is 6.92 Å². The lowest BCUT2D eigenvalue weighted by atomic mass is 10.1. The van der Waals surface area contributed by atoms with Crippen LogP contribution in [0.4, 0.5) is 0 Å². The second-order valence-corrected chi connectivity index (χ2v) is 5.81. The Morgan fingerprint density at radius 3 is 2.09 bits per heavy atom. The molecule has 11 heavy (non-hydrogen) atoms. The molecule has 0 aromatic heterocycles. The first-order valence-electron chi connectivity index (χ1n) is 3.89. The molecule has 67 valence electrons. The summed E-state index contributed by atoms with van der Waals surface area (Å²) in [7, 11) is -3.12. The van der Waals surface area contributed by atoms with E-state index in [4.69, 9.17) is 0 Å². The van der Waals surface area contributed by atoms with Gasteiger partial charge < -0.3 is 0 Å². The Hall–Kier alpha value is -0.0500. The smallest absolute Gasteiger partial charge is 0.156 e. The molecule has 0 amide bonds. The fraction of sp³-hybridized carbons (Fsp3) is 0.875. The molecule has 3 heteroatoms. The molecule has 2 nitrogen and oxygen atoms in total. The molecule has 0 fully saturated rings. The van der Waals surface area contributed by atoms with E-state index in [0.717, 1.165) is 12.8 Å². The van der Waals surface area contributed by atoms with E-state index in [-0.39, 0.29) is 0 Å². The van der Waals surface area contributed by atoms with Crippen molar-refractivity contribution in [3.8, 4) is 0 Å². The number of sulfone groups is 1. The van der Waals surface area contributed by atoms with E-state index >= 15 is 0 Å². The lowest BCUT2D eigenvalue weighted by Gasteiger charge is -2.21. The zero-order valence-electron chi connectivity index (χ0n) is 7.55. The fourth-order valence-electron chi connectivity index (χ4n) is 0.758. The van der Waals surface area contributed by atoms with Crippen molar-refractivity contribution < 1.29 is 8.42 Å². The van der Waals surface area contributed by atoms with E-state index in [1.54, 1.807) is 13.8 Å². The second-order valence-electron chi connectivity index (χ2n) is 3.48. The maximum absolute atomic E-state index is 11.0. The zero-order valence-corrected chi connectivity index (χ0v) is 8.37. The normalized spacial score (nSPS) is 13.5. The first-order valence-corrected chi connectivity index (χ1v) is 5.54. The molecule has 0 aromatic rings. The van der Waals surface area contributed by atoms with Crippen LogP contribution < -0.4 is 0 Å². The predicted octanol–water partition coefficient (Wildman–Crippen LogP) is 2.16. The van der Waals surface area contributed by atoms with Gasteiger partial charge in [0, 0.05) is 0 Å². The number of rotatable bonds is 4. The van der Waals surface area contributed by atoms with Gasteiger partial charge in [0.1, 0.15) is 0 Å². The summed E-state index contributed by atoms with van der Waals surface area (Å²) >= 11 is 0. The third-order valence-electron chi connectivity index (χ3n) is 1.97. The summed E-state index contributed by atoms with van der Waals surface area (Å²) in [5, 5.41) is 0. The molecule has 0 N–H and O–H groups in total. The molecule has 0 bridgehead atoms. The third-order valence-corrected chi connectivity index (χ3v) is 3.86. The summed E-state index contributed by atoms with van der Waals surface area (Å²) in [6.07, 6.45) is 5.84. The number of unbranched alkanes of at least 4 members (excludes halogenated alkanes) is 1. The predicted molar refractivity (Wildman–Crippen MR) is 47.9 cm³/mol. The third kappa shape index (κ3) is 3.23. The number of hydrogen-bond donors (Lipinski definition) is 0. The average molecular weight is 177 g/mol. The highest BCUT2D eigenvalue weighted by molar-refractivity contribution is 7.93. The lowest BCUT2D eigenvalue weighted by Crippen LogP contribution is -2.29. The molecule has 0 heterocycles. The number of hydrogen-bond acceptors (Lipinski definition) is 2. The van der Waals surface area contributed by atoms with Gasteiger partial charge in [0.15, 0.2) is 9.84 Å². The minimum absolute atomic E-state index is 0.650. The highest BCUT2D eigenvalue weighted by Gasteiger charge is 2.28. The Balaban J connectivity index is 4.24. The van der Waals surface area contributed by atoms with Crippen LogP contribution >= 0.6 is 0 Å². The second kappa shape index (κ2) is 3.57. The van der Waals surface area contributed by atoms with Gasteiger partial charge in [0.05, 0.1) is 11.0 Å². The van der Waals surface area contributed by atoms with Crippen LogP contribution in [-0.4, -0.2) is 13.2 Å². The van der Waals surface area contributed by atoms with Gasteiger partial charge in [-0.15, -0.1) is 0 Å². The fourth-order valence-corrected chi connectivity index (χ4v) is 1.21. The van der Waals surface area contributed by atoms with Gasteiger partial charge in [-0.25, -0.2) is 8.42 Å². The van der Waals surface area contributed by atoms with Crippen molar-refractivity contribution in [1.29, 1.82) is 0 Å². The minimum atomic E-state index is -3.12. The SMILES string of the molecule is [CH2]S(=O)(=O)C(C)(C)CCCC. The van der Waals surface area contributed by atoms with Crippen molar-refractivity contribution in [2.24, 2.45) is 0 Å². The van der Waals surface area contributed by atoms with E-state index in [0.29, 0.717) is 6.42 Å². The Morgan fingerprint density at radius 2 is 1.82 bits per heavy atom. The van der Waals surface area contributed by atoms with Gasteiger partial charge in [-0.2, -0.15) is 0 Å². The molecule has 0 unspecified atom stereocenters. The van der Waals surface area contributed by atoms with E-state index in [2.05, 4.69) is 6.26 Å². The summed E-state index contributed by atoms with van der Waals surface area (Å²) in [6, 6.07) is 0. The maximum Gasteiger partial charge on any atom is 0.156 e. The van der Waals surface area contributed by atoms with Gasteiger partial charge in [0.25, 0.3) is 0 Å². The van der Waals surface area contributed by atoms with Crippen LogP contribution in [0.1, 0.15) is 40.0 Å². The van der Waals surface area contributed by atoms with Gasteiger partial charge in [0.2, 0.25) is 0 Å². The highest BCUT2D eigenvalue weighted by Crippen LogP contribution is 2.22. The van der Waals surface area contributed by atoms with Gasteiger partial charge in [-0.3, -0.25) is 0 Å². The van der Waals surface area contributed by atoms with Gasteiger partial charge >= 0.3 is 0 Å². The molecule has 0 aliphatic heterocycles. The van der Waals surface area contributed by atoms with Crippen LogP contribution in [0.15, 0.2) is 0 Å². The van der Waals surface area contributed by atoms with Gasteiger partial charge in [-0.1, -0.05) is 19.8 Å². The molecular weight excluding hydrogens is 160 g/mol. The minimum Gasteiger partial charge on any atom is -0.228 e. The van der Waals surface area contributed by atoms with Crippen molar-refractivity contribution in [3.63, 3.8) is 0 Å². The van der Waals surface area contributed by atoms with Crippen LogP contribution in [-0.2, 0) is 9.84 Å². The highest BCUT2D eigenvalue weighted by atomic mass is 32.2. The topological polar surface area (TPSA) is 34.1 Å². The van der Waals surface area contributed by atoms with Crippen molar-refractivity contribution in [2.45, 2.75) is 44.8 Å².